The van der Waals surface area contributed by atoms with Crippen LogP contribution in [0.5, 0.6) is 0 Å². The Balaban J connectivity index is 1.43. The van der Waals surface area contributed by atoms with Gasteiger partial charge in [0.05, 0.1) is 11.6 Å². The van der Waals surface area contributed by atoms with Gasteiger partial charge in [0.25, 0.3) is 5.91 Å². The predicted molar refractivity (Wildman–Crippen MR) is 99.0 cm³/mol. The first-order valence-corrected chi connectivity index (χ1v) is 9.06. The number of aromatic nitrogens is 2. The van der Waals surface area contributed by atoms with Gasteiger partial charge in [-0.05, 0) is 61.1 Å². The molecule has 0 spiro atoms. The van der Waals surface area contributed by atoms with Crippen LogP contribution in [0.1, 0.15) is 40.2 Å². The maximum Gasteiger partial charge on any atom is 0.251 e. The second kappa shape index (κ2) is 7.30. The molecule has 1 aromatic heterocycles. The number of benzene rings is 2. The normalized spacial score (nSPS) is 13.3. The molecule has 1 N–H and O–H groups in total. The van der Waals surface area contributed by atoms with Gasteiger partial charge in [-0.25, -0.2) is 0 Å². The maximum atomic E-state index is 12.4. The van der Waals surface area contributed by atoms with Gasteiger partial charge < -0.3 is 9.84 Å². The Hall–Kier alpha value is -2.66. The number of carbonyl (C=O) groups excluding carboxylic acids is 1. The van der Waals surface area contributed by atoms with Crippen molar-refractivity contribution in [2.24, 2.45) is 0 Å². The molecule has 5 nitrogen and oxygen atoms in total. The van der Waals surface area contributed by atoms with E-state index in [2.05, 4.69) is 21.5 Å². The van der Waals surface area contributed by atoms with Gasteiger partial charge in [-0.2, -0.15) is 4.98 Å². The molecule has 0 radical (unpaired) electrons. The Bertz CT molecular complexity index is 952. The average Bonchev–Trinajstić information content (AvgIpc) is 3.15. The van der Waals surface area contributed by atoms with Crippen molar-refractivity contribution in [3.05, 3.63) is 70.1 Å². The van der Waals surface area contributed by atoms with Crippen molar-refractivity contribution in [2.45, 2.75) is 32.2 Å². The summed E-state index contributed by atoms with van der Waals surface area (Å²) in [5.74, 6) is 0.607. The summed E-state index contributed by atoms with van der Waals surface area (Å²) in [6, 6.07) is 13.2. The topological polar surface area (TPSA) is 68.0 Å². The minimum atomic E-state index is -0.143. The van der Waals surface area contributed by atoms with Gasteiger partial charge in [0, 0.05) is 11.1 Å². The third-order valence-electron chi connectivity index (χ3n) is 4.59. The zero-order valence-electron chi connectivity index (χ0n) is 14.2. The minimum Gasteiger partial charge on any atom is -0.343 e. The summed E-state index contributed by atoms with van der Waals surface area (Å²) < 4.78 is 5.22. The number of carbonyl (C=O) groups is 1. The molecular weight excluding hydrogens is 350 g/mol. The zero-order valence-corrected chi connectivity index (χ0v) is 14.9. The highest BCUT2D eigenvalue weighted by molar-refractivity contribution is 6.33. The standard InChI is InChI=1S/C20H18ClN3O2/c21-17-8-4-3-7-16(17)19-23-18(26-24-19)12-22-20(25)15-10-9-13-5-1-2-6-14(13)11-15/h3-4,7-11H,1-2,5-6,12H2,(H,22,25). The number of amides is 1. The van der Waals surface area contributed by atoms with Gasteiger partial charge in [0.15, 0.2) is 0 Å². The monoisotopic (exact) mass is 367 g/mol. The van der Waals surface area contributed by atoms with Gasteiger partial charge in [-0.3, -0.25) is 4.79 Å². The molecule has 0 atom stereocenters. The van der Waals surface area contributed by atoms with Crippen molar-refractivity contribution in [1.82, 2.24) is 15.5 Å². The van der Waals surface area contributed by atoms with Crippen molar-refractivity contribution in [1.29, 1.82) is 0 Å². The lowest BCUT2D eigenvalue weighted by molar-refractivity contribution is 0.0946. The summed E-state index contributed by atoms with van der Waals surface area (Å²) in [6.07, 6.45) is 4.56. The minimum absolute atomic E-state index is 0.143. The van der Waals surface area contributed by atoms with E-state index in [-0.39, 0.29) is 12.5 Å². The maximum absolute atomic E-state index is 12.4. The quantitative estimate of drug-likeness (QED) is 0.750. The summed E-state index contributed by atoms with van der Waals surface area (Å²) >= 11 is 6.14. The summed E-state index contributed by atoms with van der Waals surface area (Å²) in [5, 5.41) is 7.32. The van der Waals surface area contributed by atoms with Crippen molar-refractivity contribution in [2.75, 3.05) is 0 Å². The Morgan fingerprint density at radius 1 is 1.12 bits per heavy atom. The predicted octanol–water partition coefficient (Wildman–Crippen LogP) is 4.20. The smallest absolute Gasteiger partial charge is 0.251 e. The van der Waals surface area contributed by atoms with E-state index in [0.29, 0.717) is 27.9 Å². The van der Waals surface area contributed by atoms with E-state index in [1.165, 1.54) is 24.0 Å². The first-order valence-electron chi connectivity index (χ1n) is 8.68. The molecule has 0 unspecified atom stereocenters. The average molecular weight is 368 g/mol. The van der Waals surface area contributed by atoms with E-state index >= 15 is 0 Å². The zero-order chi connectivity index (χ0) is 17.9. The van der Waals surface area contributed by atoms with Gasteiger partial charge in [-0.1, -0.05) is 35.0 Å². The molecule has 3 aromatic rings. The van der Waals surface area contributed by atoms with Gasteiger partial charge >= 0.3 is 0 Å². The summed E-state index contributed by atoms with van der Waals surface area (Å²) in [5.41, 5.74) is 4.00. The number of nitrogens with zero attached hydrogens (tertiary/aromatic N) is 2. The summed E-state index contributed by atoms with van der Waals surface area (Å²) in [4.78, 5) is 16.7. The van der Waals surface area contributed by atoms with E-state index in [4.69, 9.17) is 16.1 Å². The molecular formula is C20H18ClN3O2. The van der Waals surface area contributed by atoms with Gasteiger partial charge in [0.2, 0.25) is 11.7 Å². The molecule has 0 bridgehead atoms. The van der Waals surface area contributed by atoms with E-state index in [1.807, 2.05) is 30.3 Å². The van der Waals surface area contributed by atoms with Crippen LogP contribution in [0.4, 0.5) is 0 Å². The van der Waals surface area contributed by atoms with Crippen LogP contribution in [0.25, 0.3) is 11.4 Å². The molecule has 1 aliphatic rings. The molecule has 1 aliphatic carbocycles. The molecule has 26 heavy (non-hydrogen) atoms. The summed E-state index contributed by atoms with van der Waals surface area (Å²) in [6.45, 7) is 0.174. The molecule has 0 saturated heterocycles. The Labute approximate surface area is 156 Å². The van der Waals surface area contributed by atoms with Crippen LogP contribution < -0.4 is 5.32 Å². The molecule has 1 heterocycles. The Kier molecular flexibility index (Phi) is 4.71. The fraction of sp³-hybridized carbons (Fsp3) is 0.250. The summed E-state index contributed by atoms with van der Waals surface area (Å²) in [7, 11) is 0. The Morgan fingerprint density at radius 3 is 2.77 bits per heavy atom. The molecule has 1 amide bonds. The first kappa shape index (κ1) is 16.8. The van der Waals surface area contributed by atoms with Crippen molar-refractivity contribution in [3.63, 3.8) is 0 Å². The van der Waals surface area contributed by atoms with Gasteiger partial charge in [0.1, 0.15) is 0 Å². The molecule has 2 aromatic carbocycles. The lowest BCUT2D eigenvalue weighted by atomic mass is 9.90. The molecule has 0 fully saturated rings. The van der Waals surface area contributed by atoms with Crippen LogP contribution in [-0.4, -0.2) is 16.0 Å². The van der Waals surface area contributed by atoms with Crippen LogP contribution in [0.15, 0.2) is 47.0 Å². The number of hydrogen-bond acceptors (Lipinski definition) is 4. The van der Waals surface area contributed by atoms with E-state index < -0.39 is 0 Å². The second-order valence-electron chi connectivity index (χ2n) is 6.36. The van der Waals surface area contributed by atoms with Crippen molar-refractivity contribution in [3.8, 4) is 11.4 Å². The van der Waals surface area contributed by atoms with Crippen LogP contribution in [0, 0.1) is 0 Å². The number of hydrogen-bond donors (Lipinski definition) is 1. The molecule has 4 rings (SSSR count). The molecule has 0 aliphatic heterocycles. The van der Waals surface area contributed by atoms with E-state index in [9.17, 15) is 4.79 Å². The van der Waals surface area contributed by atoms with Crippen LogP contribution >= 0.6 is 11.6 Å². The van der Waals surface area contributed by atoms with E-state index in [1.54, 1.807) is 6.07 Å². The first-order chi connectivity index (χ1) is 12.7. The highest BCUT2D eigenvalue weighted by Gasteiger charge is 2.15. The fourth-order valence-corrected chi connectivity index (χ4v) is 3.43. The van der Waals surface area contributed by atoms with Crippen LogP contribution in [0.2, 0.25) is 5.02 Å². The molecule has 132 valence electrons. The second-order valence-corrected chi connectivity index (χ2v) is 6.77. The number of fused-ring (bicyclic) bond motifs is 1. The number of aryl methyl sites for hydroxylation is 2. The fourth-order valence-electron chi connectivity index (χ4n) is 3.21. The van der Waals surface area contributed by atoms with Crippen molar-refractivity contribution >= 4 is 17.5 Å². The number of halogens is 1. The Morgan fingerprint density at radius 2 is 1.92 bits per heavy atom. The lowest BCUT2D eigenvalue weighted by Crippen LogP contribution is -2.23. The lowest BCUT2D eigenvalue weighted by Gasteiger charge is -2.16. The SMILES string of the molecule is O=C(NCc1nc(-c2ccccc2Cl)no1)c1ccc2c(c1)CCCC2. The largest absolute Gasteiger partial charge is 0.343 e. The highest BCUT2D eigenvalue weighted by atomic mass is 35.5. The van der Waals surface area contributed by atoms with E-state index in [0.717, 1.165) is 12.8 Å². The number of rotatable bonds is 4. The molecule has 6 heteroatoms. The van der Waals surface area contributed by atoms with Crippen molar-refractivity contribution < 1.29 is 9.32 Å². The van der Waals surface area contributed by atoms with Crippen LogP contribution in [-0.2, 0) is 19.4 Å². The molecule has 0 saturated carbocycles. The van der Waals surface area contributed by atoms with Gasteiger partial charge in [-0.15, -0.1) is 0 Å². The van der Waals surface area contributed by atoms with Crippen LogP contribution in [0.3, 0.4) is 0 Å². The third-order valence-corrected chi connectivity index (χ3v) is 4.92. The highest BCUT2D eigenvalue weighted by Crippen LogP contribution is 2.25. The third kappa shape index (κ3) is 3.48. The number of nitrogens with one attached hydrogen (secondary N) is 1.